The van der Waals surface area contributed by atoms with Crippen molar-refractivity contribution in [2.45, 2.75) is 25.8 Å². The van der Waals surface area contributed by atoms with Gasteiger partial charge in [-0.25, -0.2) is 15.0 Å². The lowest BCUT2D eigenvalue weighted by atomic mass is 9.90. The number of amides is 1. The van der Waals surface area contributed by atoms with Gasteiger partial charge in [-0.2, -0.15) is 0 Å². The van der Waals surface area contributed by atoms with Gasteiger partial charge < -0.3 is 15.8 Å². The second kappa shape index (κ2) is 6.96. The van der Waals surface area contributed by atoms with Crippen molar-refractivity contribution in [3.8, 4) is 16.5 Å². The summed E-state index contributed by atoms with van der Waals surface area (Å²) in [4.78, 5) is 25.8. The van der Waals surface area contributed by atoms with Crippen LogP contribution in [0.4, 0.5) is 5.95 Å². The Balaban J connectivity index is 1.76. The van der Waals surface area contributed by atoms with E-state index in [1.807, 2.05) is 36.6 Å². The van der Waals surface area contributed by atoms with Gasteiger partial charge in [-0.3, -0.25) is 4.79 Å². The average molecular weight is 381 g/mol. The number of aromatic nitrogens is 3. The number of aryl methyl sites for hydroxylation is 1. The highest BCUT2D eigenvalue weighted by molar-refractivity contribution is 7.11. The Hall–Kier alpha value is -3.00. The second-order valence-corrected chi connectivity index (χ2v) is 7.04. The normalized spacial score (nSPS) is 15.9. The molecule has 27 heavy (non-hydrogen) atoms. The second-order valence-electron chi connectivity index (χ2n) is 6.22. The lowest BCUT2D eigenvalue weighted by molar-refractivity contribution is 0.0922. The van der Waals surface area contributed by atoms with Crippen LogP contribution in [0.1, 0.15) is 40.3 Å². The van der Waals surface area contributed by atoms with E-state index in [-0.39, 0.29) is 17.9 Å². The molecule has 8 heteroatoms. The fourth-order valence-corrected chi connectivity index (χ4v) is 4.06. The first-order valence-corrected chi connectivity index (χ1v) is 9.53. The van der Waals surface area contributed by atoms with Crippen molar-refractivity contribution in [3.05, 3.63) is 52.2 Å². The van der Waals surface area contributed by atoms with Crippen molar-refractivity contribution in [3.63, 3.8) is 0 Å². The molecular weight excluding hydrogens is 362 g/mol. The zero-order chi connectivity index (χ0) is 19.0. The smallest absolute Gasteiger partial charge is 0.273 e. The number of carbonyl (C=O) groups excluding carboxylic acids is 1. The Morgan fingerprint density at radius 1 is 1.30 bits per heavy atom. The Kier molecular flexibility index (Phi) is 4.49. The molecule has 4 rings (SSSR count). The standard InChI is InChI=1S/C19H19N5O2S/c1-3-12-16-14(23-18(20)22-12)8-13(21-17(16)25)10-6-4-5-7-11(10)15-9-27-19(24-15)26-2/h4-7,9,13H,3,8H2,1-2H3,(H,21,25)(H2,20,22,23)/t13-/m1/s1. The van der Waals surface area contributed by atoms with Gasteiger partial charge in [0.25, 0.3) is 11.1 Å². The number of nitrogens with one attached hydrogen (secondary N) is 1. The number of nitrogens with two attached hydrogens (primary N) is 1. The molecule has 0 spiro atoms. The van der Waals surface area contributed by atoms with E-state index in [0.29, 0.717) is 35.0 Å². The number of hydrogen-bond acceptors (Lipinski definition) is 7. The fraction of sp³-hybridized carbons (Fsp3) is 0.263. The number of rotatable bonds is 4. The number of methoxy groups -OCH3 is 1. The van der Waals surface area contributed by atoms with E-state index in [1.54, 1.807) is 7.11 Å². The highest BCUT2D eigenvalue weighted by Crippen LogP contribution is 2.35. The number of nitrogens with zero attached hydrogens (tertiary/aromatic N) is 3. The Bertz CT molecular complexity index is 1020. The van der Waals surface area contributed by atoms with E-state index >= 15 is 0 Å². The van der Waals surface area contributed by atoms with Crippen LogP contribution in [0, 0.1) is 0 Å². The van der Waals surface area contributed by atoms with E-state index < -0.39 is 0 Å². The van der Waals surface area contributed by atoms with Gasteiger partial charge in [0, 0.05) is 17.4 Å². The van der Waals surface area contributed by atoms with Gasteiger partial charge in [-0.05, 0) is 12.0 Å². The van der Waals surface area contributed by atoms with Gasteiger partial charge in [0.2, 0.25) is 5.95 Å². The van der Waals surface area contributed by atoms with E-state index in [2.05, 4.69) is 20.3 Å². The summed E-state index contributed by atoms with van der Waals surface area (Å²) >= 11 is 1.44. The SMILES string of the molecule is CCc1nc(N)nc2c1C(=O)N[C@@H](c1ccccc1-c1csc(OC)n1)C2. The van der Waals surface area contributed by atoms with Crippen LogP contribution in [-0.4, -0.2) is 28.0 Å². The minimum absolute atomic E-state index is 0.163. The molecule has 1 atom stereocenters. The minimum Gasteiger partial charge on any atom is -0.473 e. The number of carbonyl (C=O) groups is 1. The van der Waals surface area contributed by atoms with Crippen LogP contribution in [0.15, 0.2) is 29.6 Å². The van der Waals surface area contributed by atoms with Crippen molar-refractivity contribution in [2.75, 3.05) is 12.8 Å². The summed E-state index contributed by atoms with van der Waals surface area (Å²) in [6.07, 6.45) is 1.18. The Labute approximate surface area is 160 Å². The van der Waals surface area contributed by atoms with Gasteiger partial charge in [-0.1, -0.05) is 42.5 Å². The van der Waals surface area contributed by atoms with Crippen LogP contribution in [-0.2, 0) is 12.8 Å². The zero-order valence-corrected chi connectivity index (χ0v) is 15.8. The number of ether oxygens (including phenoxy) is 1. The fourth-order valence-electron chi connectivity index (χ4n) is 3.42. The molecular formula is C19H19N5O2S. The molecule has 138 valence electrons. The zero-order valence-electron chi connectivity index (χ0n) is 15.0. The van der Waals surface area contributed by atoms with Crippen LogP contribution in [0.5, 0.6) is 5.19 Å². The first-order chi connectivity index (χ1) is 13.1. The van der Waals surface area contributed by atoms with Gasteiger partial charge in [0.1, 0.15) is 0 Å². The summed E-state index contributed by atoms with van der Waals surface area (Å²) in [7, 11) is 1.60. The predicted molar refractivity (Wildman–Crippen MR) is 104 cm³/mol. The molecule has 7 nitrogen and oxygen atoms in total. The maximum absolute atomic E-state index is 12.8. The summed E-state index contributed by atoms with van der Waals surface area (Å²) in [6.45, 7) is 1.95. The molecule has 3 aromatic rings. The predicted octanol–water partition coefficient (Wildman–Crippen LogP) is 2.78. The third-order valence-corrected chi connectivity index (χ3v) is 5.41. The van der Waals surface area contributed by atoms with Gasteiger partial charge in [0.05, 0.1) is 35.8 Å². The van der Waals surface area contributed by atoms with E-state index in [0.717, 1.165) is 16.8 Å². The van der Waals surface area contributed by atoms with Crippen LogP contribution in [0.3, 0.4) is 0 Å². The van der Waals surface area contributed by atoms with Crippen LogP contribution >= 0.6 is 11.3 Å². The van der Waals surface area contributed by atoms with Crippen LogP contribution in [0.25, 0.3) is 11.3 Å². The number of thiazole rings is 1. The molecule has 0 aliphatic carbocycles. The molecule has 0 unspecified atom stereocenters. The van der Waals surface area contributed by atoms with Crippen LogP contribution in [0.2, 0.25) is 0 Å². The quantitative estimate of drug-likeness (QED) is 0.720. The first kappa shape index (κ1) is 17.4. The van der Waals surface area contributed by atoms with E-state index in [9.17, 15) is 4.79 Å². The van der Waals surface area contributed by atoms with Crippen LogP contribution < -0.4 is 15.8 Å². The monoisotopic (exact) mass is 381 g/mol. The Morgan fingerprint density at radius 2 is 2.11 bits per heavy atom. The maximum atomic E-state index is 12.8. The summed E-state index contributed by atoms with van der Waals surface area (Å²) in [6, 6.07) is 7.70. The van der Waals surface area contributed by atoms with Gasteiger partial charge >= 0.3 is 0 Å². The summed E-state index contributed by atoms with van der Waals surface area (Å²) in [5, 5.41) is 5.65. The third-order valence-electron chi connectivity index (χ3n) is 4.61. The maximum Gasteiger partial charge on any atom is 0.273 e. The molecule has 1 aliphatic heterocycles. The number of hydrogen-bond donors (Lipinski definition) is 2. The molecule has 2 aromatic heterocycles. The molecule has 3 heterocycles. The largest absolute Gasteiger partial charge is 0.473 e. The lowest BCUT2D eigenvalue weighted by Gasteiger charge is -2.27. The molecule has 0 saturated heterocycles. The van der Waals surface area contributed by atoms with Gasteiger partial charge in [0.15, 0.2) is 0 Å². The summed E-state index contributed by atoms with van der Waals surface area (Å²) in [5.74, 6) is 0.0420. The molecule has 3 N–H and O–H groups in total. The number of benzene rings is 1. The number of nitrogen functional groups attached to an aromatic ring is 1. The third kappa shape index (κ3) is 3.12. The van der Waals surface area contributed by atoms with Crippen molar-refractivity contribution in [1.29, 1.82) is 0 Å². The van der Waals surface area contributed by atoms with E-state index in [4.69, 9.17) is 10.5 Å². The molecule has 0 bridgehead atoms. The summed E-state index contributed by atoms with van der Waals surface area (Å²) < 4.78 is 5.21. The minimum atomic E-state index is -0.215. The number of fused-ring (bicyclic) bond motifs is 1. The highest BCUT2D eigenvalue weighted by Gasteiger charge is 2.31. The number of anilines is 1. The van der Waals surface area contributed by atoms with Gasteiger partial charge in [-0.15, -0.1) is 0 Å². The molecule has 1 aromatic carbocycles. The van der Waals surface area contributed by atoms with E-state index in [1.165, 1.54) is 11.3 Å². The van der Waals surface area contributed by atoms with Crippen molar-refractivity contribution < 1.29 is 9.53 Å². The topological polar surface area (TPSA) is 103 Å². The molecule has 0 radical (unpaired) electrons. The van der Waals surface area contributed by atoms with Crippen molar-refractivity contribution >= 4 is 23.2 Å². The van der Waals surface area contributed by atoms with Crippen molar-refractivity contribution in [1.82, 2.24) is 20.3 Å². The molecule has 0 fully saturated rings. The molecule has 0 saturated carbocycles. The first-order valence-electron chi connectivity index (χ1n) is 8.65. The van der Waals surface area contributed by atoms with Crippen molar-refractivity contribution in [2.24, 2.45) is 0 Å². The Morgan fingerprint density at radius 3 is 2.85 bits per heavy atom. The highest BCUT2D eigenvalue weighted by atomic mass is 32.1. The lowest BCUT2D eigenvalue weighted by Crippen LogP contribution is -2.37. The summed E-state index contributed by atoms with van der Waals surface area (Å²) in [5.41, 5.74) is 10.6. The average Bonchev–Trinajstić information content (AvgIpc) is 3.16. The molecule has 1 aliphatic rings. The molecule has 1 amide bonds.